The molecule has 106 valence electrons. The van der Waals surface area contributed by atoms with Crippen molar-refractivity contribution in [2.75, 3.05) is 18.5 Å². The number of rotatable bonds is 5. The van der Waals surface area contributed by atoms with Crippen molar-refractivity contribution in [2.24, 2.45) is 0 Å². The molecule has 0 bridgehead atoms. The van der Waals surface area contributed by atoms with Gasteiger partial charge in [-0.25, -0.2) is 4.79 Å². The molecule has 0 atom stereocenters. The zero-order valence-electron chi connectivity index (χ0n) is 11.3. The van der Waals surface area contributed by atoms with Crippen LogP contribution in [0.2, 0.25) is 0 Å². The van der Waals surface area contributed by atoms with E-state index in [0.717, 1.165) is 17.7 Å². The van der Waals surface area contributed by atoms with E-state index in [1.54, 1.807) is 19.1 Å². The molecular formula is C15H17NO4. The van der Waals surface area contributed by atoms with Gasteiger partial charge in [0.2, 0.25) is 5.91 Å². The van der Waals surface area contributed by atoms with E-state index in [1.807, 2.05) is 12.1 Å². The Labute approximate surface area is 117 Å². The van der Waals surface area contributed by atoms with E-state index in [-0.39, 0.29) is 18.5 Å². The van der Waals surface area contributed by atoms with E-state index in [2.05, 4.69) is 5.32 Å². The predicted octanol–water partition coefficient (Wildman–Crippen LogP) is 2.07. The lowest BCUT2D eigenvalue weighted by Gasteiger charge is -2.17. The molecule has 20 heavy (non-hydrogen) atoms. The first-order valence-electron chi connectivity index (χ1n) is 6.58. The second-order valence-electron chi connectivity index (χ2n) is 4.33. The van der Waals surface area contributed by atoms with Gasteiger partial charge in [-0.2, -0.15) is 0 Å². The quantitative estimate of drug-likeness (QED) is 0.660. The Balaban J connectivity index is 1.89. The fourth-order valence-corrected chi connectivity index (χ4v) is 1.92. The van der Waals surface area contributed by atoms with Gasteiger partial charge in [0.25, 0.3) is 0 Å². The van der Waals surface area contributed by atoms with Crippen LogP contribution in [-0.2, 0) is 20.7 Å². The number of hydrogen-bond donors (Lipinski definition) is 1. The largest absolute Gasteiger partial charge is 0.489 e. The lowest BCUT2D eigenvalue weighted by molar-refractivity contribution is -0.137. The minimum Gasteiger partial charge on any atom is -0.489 e. The topological polar surface area (TPSA) is 64.6 Å². The van der Waals surface area contributed by atoms with Crippen molar-refractivity contribution in [1.82, 2.24) is 0 Å². The van der Waals surface area contributed by atoms with Gasteiger partial charge < -0.3 is 14.8 Å². The maximum absolute atomic E-state index is 11.3. The molecule has 1 aliphatic heterocycles. The molecule has 5 nitrogen and oxygen atoms in total. The molecule has 1 heterocycles. The molecule has 1 aliphatic rings. The highest BCUT2D eigenvalue weighted by Crippen LogP contribution is 2.26. The van der Waals surface area contributed by atoms with E-state index in [9.17, 15) is 9.59 Å². The zero-order valence-corrected chi connectivity index (χ0v) is 11.3. The van der Waals surface area contributed by atoms with Gasteiger partial charge in [-0.15, -0.1) is 0 Å². The first-order valence-corrected chi connectivity index (χ1v) is 6.58. The number of amides is 1. The van der Waals surface area contributed by atoms with Crippen LogP contribution < -0.4 is 10.1 Å². The normalized spacial score (nSPS) is 13.8. The number of anilines is 1. The van der Waals surface area contributed by atoms with Gasteiger partial charge >= 0.3 is 5.97 Å². The minimum atomic E-state index is -0.381. The maximum atomic E-state index is 11.3. The van der Waals surface area contributed by atoms with Crippen LogP contribution in [0, 0.1) is 0 Å². The fraction of sp³-hybridized carbons (Fsp3) is 0.333. The van der Waals surface area contributed by atoms with E-state index in [0.29, 0.717) is 18.8 Å². The summed E-state index contributed by atoms with van der Waals surface area (Å²) >= 11 is 0. The molecule has 0 aromatic heterocycles. The van der Waals surface area contributed by atoms with Crippen molar-refractivity contribution in [3.05, 3.63) is 35.9 Å². The van der Waals surface area contributed by atoms with Crippen molar-refractivity contribution >= 4 is 17.6 Å². The summed E-state index contributed by atoms with van der Waals surface area (Å²) in [4.78, 5) is 22.4. The lowest BCUT2D eigenvalue weighted by atomic mass is 10.0. The Morgan fingerprint density at radius 3 is 3.05 bits per heavy atom. The molecule has 0 fully saturated rings. The molecule has 0 radical (unpaired) electrons. The number of carbonyl (C=O) groups is 2. The SMILES string of the molecule is CCOC(=O)/C=C/COc1ccc2c(c1)NC(=O)CC2. The van der Waals surface area contributed by atoms with Gasteiger partial charge in [0.05, 0.1) is 6.61 Å². The number of ether oxygens (including phenoxy) is 2. The molecule has 1 N–H and O–H groups in total. The average Bonchev–Trinajstić information content (AvgIpc) is 2.43. The molecule has 0 saturated carbocycles. The van der Waals surface area contributed by atoms with Gasteiger partial charge in [-0.3, -0.25) is 4.79 Å². The van der Waals surface area contributed by atoms with Gasteiger partial charge in [0.1, 0.15) is 12.4 Å². The summed E-state index contributed by atoms with van der Waals surface area (Å²) < 4.78 is 10.2. The molecule has 0 unspecified atom stereocenters. The van der Waals surface area contributed by atoms with Crippen LogP contribution in [0.4, 0.5) is 5.69 Å². The number of benzene rings is 1. The summed E-state index contributed by atoms with van der Waals surface area (Å²) in [5, 5.41) is 2.81. The van der Waals surface area contributed by atoms with E-state index >= 15 is 0 Å². The highest BCUT2D eigenvalue weighted by Gasteiger charge is 2.14. The standard InChI is InChI=1S/C15H17NO4/c1-2-19-15(18)4-3-9-20-12-7-5-11-6-8-14(17)16-13(11)10-12/h3-5,7,10H,2,6,8-9H2,1H3,(H,16,17)/b4-3+. The lowest BCUT2D eigenvalue weighted by Crippen LogP contribution is -2.18. The third kappa shape index (κ3) is 3.85. The summed E-state index contributed by atoms with van der Waals surface area (Å²) in [7, 11) is 0. The van der Waals surface area contributed by atoms with E-state index in [1.165, 1.54) is 6.08 Å². The number of esters is 1. The molecule has 1 amide bonds. The highest BCUT2D eigenvalue weighted by atomic mass is 16.5. The summed E-state index contributed by atoms with van der Waals surface area (Å²) in [6.07, 6.45) is 4.21. The van der Waals surface area contributed by atoms with Crippen LogP contribution in [0.25, 0.3) is 0 Å². The molecule has 0 spiro atoms. The van der Waals surface area contributed by atoms with Crippen molar-refractivity contribution in [3.8, 4) is 5.75 Å². The van der Waals surface area contributed by atoms with Crippen LogP contribution in [0.3, 0.4) is 0 Å². The second-order valence-corrected chi connectivity index (χ2v) is 4.33. The number of nitrogens with one attached hydrogen (secondary N) is 1. The Hall–Kier alpha value is -2.30. The zero-order chi connectivity index (χ0) is 14.4. The molecule has 5 heteroatoms. The Morgan fingerprint density at radius 1 is 1.40 bits per heavy atom. The molecule has 2 rings (SSSR count). The summed E-state index contributed by atoms with van der Waals surface area (Å²) in [6, 6.07) is 5.60. The van der Waals surface area contributed by atoms with E-state index < -0.39 is 0 Å². The van der Waals surface area contributed by atoms with Crippen LogP contribution in [0.15, 0.2) is 30.4 Å². The molecule has 1 aromatic rings. The van der Waals surface area contributed by atoms with Crippen LogP contribution in [0.1, 0.15) is 18.9 Å². The predicted molar refractivity (Wildman–Crippen MR) is 74.7 cm³/mol. The first kappa shape index (κ1) is 14.1. The van der Waals surface area contributed by atoms with Crippen molar-refractivity contribution in [3.63, 3.8) is 0 Å². The average molecular weight is 275 g/mol. The van der Waals surface area contributed by atoms with Gasteiger partial charge in [0.15, 0.2) is 0 Å². The third-order valence-electron chi connectivity index (χ3n) is 2.86. The Kier molecular flexibility index (Phi) is 4.76. The summed E-state index contributed by atoms with van der Waals surface area (Å²) in [5.74, 6) is 0.296. The van der Waals surface area contributed by atoms with Crippen molar-refractivity contribution < 1.29 is 19.1 Å². The highest BCUT2D eigenvalue weighted by molar-refractivity contribution is 5.94. The van der Waals surface area contributed by atoms with Gasteiger partial charge in [0, 0.05) is 24.3 Å². The Bertz CT molecular complexity index is 537. The Morgan fingerprint density at radius 2 is 2.25 bits per heavy atom. The fourth-order valence-electron chi connectivity index (χ4n) is 1.92. The van der Waals surface area contributed by atoms with E-state index in [4.69, 9.17) is 9.47 Å². The van der Waals surface area contributed by atoms with Crippen molar-refractivity contribution in [1.29, 1.82) is 0 Å². The summed E-state index contributed by atoms with van der Waals surface area (Å²) in [6.45, 7) is 2.38. The van der Waals surface area contributed by atoms with Crippen LogP contribution >= 0.6 is 0 Å². The minimum absolute atomic E-state index is 0.0249. The van der Waals surface area contributed by atoms with Crippen molar-refractivity contribution in [2.45, 2.75) is 19.8 Å². The number of aryl methyl sites for hydroxylation is 1. The van der Waals surface area contributed by atoms with Crippen LogP contribution in [0.5, 0.6) is 5.75 Å². The van der Waals surface area contributed by atoms with Gasteiger partial charge in [-0.1, -0.05) is 6.07 Å². The monoisotopic (exact) mass is 275 g/mol. The maximum Gasteiger partial charge on any atom is 0.330 e. The first-order chi connectivity index (χ1) is 9.69. The third-order valence-corrected chi connectivity index (χ3v) is 2.86. The smallest absolute Gasteiger partial charge is 0.330 e. The second kappa shape index (κ2) is 6.75. The summed E-state index contributed by atoms with van der Waals surface area (Å²) in [5.41, 5.74) is 1.91. The molecule has 0 saturated heterocycles. The number of fused-ring (bicyclic) bond motifs is 1. The number of carbonyl (C=O) groups excluding carboxylic acids is 2. The molecule has 1 aromatic carbocycles. The van der Waals surface area contributed by atoms with Crippen LogP contribution in [-0.4, -0.2) is 25.1 Å². The molecular weight excluding hydrogens is 258 g/mol. The molecule has 0 aliphatic carbocycles. The number of hydrogen-bond acceptors (Lipinski definition) is 4. The van der Waals surface area contributed by atoms with Gasteiger partial charge in [-0.05, 0) is 31.1 Å².